The molecule has 4 rings (SSSR count). The van der Waals surface area contributed by atoms with E-state index in [-0.39, 0.29) is 17.5 Å². The summed E-state index contributed by atoms with van der Waals surface area (Å²) in [6, 6.07) is 0. The van der Waals surface area contributed by atoms with Gasteiger partial charge in [-0.05, 0) is 42.9 Å². The SMILES string of the molecule is O=C(O)c1cn(CCNC(=O)C2C3C4CCC(C4)C23)cn1. The van der Waals surface area contributed by atoms with E-state index in [0.29, 0.717) is 24.9 Å². The zero-order valence-corrected chi connectivity index (χ0v) is 11.7. The van der Waals surface area contributed by atoms with Gasteiger partial charge in [-0.15, -0.1) is 0 Å². The number of aromatic nitrogens is 2. The minimum absolute atomic E-state index is 0.0367. The third-order valence-electron chi connectivity index (χ3n) is 5.56. The average molecular weight is 289 g/mol. The summed E-state index contributed by atoms with van der Waals surface area (Å²) >= 11 is 0. The Morgan fingerprint density at radius 1 is 1.33 bits per heavy atom. The summed E-state index contributed by atoms with van der Waals surface area (Å²) in [5.74, 6) is 2.36. The Balaban J connectivity index is 1.26. The van der Waals surface area contributed by atoms with Crippen LogP contribution in [0.3, 0.4) is 0 Å². The number of imidazole rings is 1. The Bertz CT molecular complexity index is 581. The fourth-order valence-corrected chi connectivity index (χ4v) is 4.69. The van der Waals surface area contributed by atoms with Gasteiger partial charge in [0.05, 0.1) is 6.33 Å². The van der Waals surface area contributed by atoms with Crippen LogP contribution in [0.2, 0.25) is 0 Å². The van der Waals surface area contributed by atoms with Gasteiger partial charge in [-0.25, -0.2) is 9.78 Å². The topological polar surface area (TPSA) is 84.2 Å². The molecule has 112 valence electrons. The maximum absolute atomic E-state index is 12.2. The van der Waals surface area contributed by atoms with Gasteiger partial charge >= 0.3 is 5.97 Å². The third kappa shape index (κ3) is 2.04. The van der Waals surface area contributed by atoms with Crippen molar-refractivity contribution in [2.75, 3.05) is 6.54 Å². The van der Waals surface area contributed by atoms with Crippen LogP contribution in [-0.4, -0.2) is 33.1 Å². The molecule has 3 fully saturated rings. The molecule has 21 heavy (non-hydrogen) atoms. The molecule has 1 heterocycles. The molecule has 4 atom stereocenters. The van der Waals surface area contributed by atoms with Gasteiger partial charge in [-0.3, -0.25) is 4.79 Å². The number of nitrogens with one attached hydrogen (secondary N) is 1. The lowest BCUT2D eigenvalue weighted by Gasteiger charge is -2.09. The van der Waals surface area contributed by atoms with E-state index < -0.39 is 5.97 Å². The fourth-order valence-electron chi connectivity index (χ4n) is 4.69. The molecule has 2 N–H and O–H groups in total. The number of carboxylic acids is 1. The number of carboxylic acid groups (broad SMARTS) is 1. The first-order chi connectivity index (χ1) is 10.1. The van der Waals surface area contributed by atoms with E-state index in [0.717, 1.165) is 11.8 Å². The largest absolute Gasteiger partial charge is 0.476 e. The van der Waals surface area contributed by atoms with Crippen LogP contribution in [0, 0.1) is 29.6 Å². The molecule has 2 bridgehead atoms. The van der Waals surface area contributed by atoms with Crippen LogP contribution in [-0.2, 0) is 11.3 Å². The number of carbonyl (C=O) groups is 2. The number of fused-ring (bicyclic) bond motifs is 5. The van der Waals surface area contributed by atoms with Gasteiger partial charge in [0, 0.05) is 25.2 Å². The number of amides is 1. The predicted octanol–water partition coefficient (Wildman–Crippen LogP) is 0.990. The molecule has 1 aromatic rings. The number of carbonyl (C=O) groups excluding carboxylic acids is 1. The second kappa shape index (κ2) is 4.58. The summed E-state index contributed by atoms with van der Waals surface area (Å²) < 4.78 is 1.70. The van der Waals surface area contributed by atoms with E-state index >= 15 is 0 Å². The lowest BCUT2D eigenvalue weighted by atomic mass is 10.0. The molecule has 0 saturated heterocycles. The summed E-state index contributed by atoms with van der Waals surface area (Å²) in [6.45, 7) is 1.08. The number of aromatic carboxylic acids is 1. The minimum atomic E-state index is -1.03. The van der Waals surface area contributed by atoms with Crippen LogP contribution >= 0.6 is 0 Å². The van der Waals surface area contributed by atoms with E-state index in [1.54, 1.807) is 4.57 Å². The van der Waals surface area contributed by atoms with Crippen LogP contribution in [0.1, 0.15) is 29.8 Å². The summed E-state index contributed by atoms with van der Waals surface area (Å²) in [6.07, 6.45) is 6.97. The summed E-state index contributed by atoms with van der Waals surface area (Å²) in [5, 5.41) is 11.8. The summed E-state index contributed by atoms with van der Waals surface area (Å²) in [7, 11) is 0. The highest BCUT2D eigenvalue weighted by atomic mass is 16.4. The molecule has 3 saturated carbocycles. The second-order valence-electron chi connectivity index (χ2n) is 6.61. The van der Waals surface area contributed by atoms with Gasteiger partial charge in [0.1, 0.15) is 0 Å². The van der Waals surface area contributed by atoms with E-state index in [4.69, 9.17) is 5.11 Å². The highest BCUT2D eigenvalue weighted by Crippen LogP contribution is 2.69. The molecule has 6 heteroatoms. The summed E-state index contributed by atoms with van der Waals surface area (Å²) in [5.41, 5.74) is 0.0367. The average Bonchev–Trinajstić information content (AvgIpc) is 2.85. The minimum Gasteiger partial charge on any atom is -0.476 e. The van der Waals surface area contributed by atoms with Gasteiger partial charge < -0.3 is 15.0 Å². The maximum Gasteiger partial charge on any atom is 0.356 e. The van der Waals surface area contributed by atoms with Crippen molar-refractivity contribution in [3.63, 3.8) is 0 Å². The van der Waals surface area contributed by atoms with Crippen molar-refractivity contribution in [2.45, 2.75) is 25.8 Å². The van der Waals surface area contributed by atoms with E-state index in [9.17, 15) is 9.59 Å². The molecule has 0 spiro atoms. The quantitative estimate of drug-likeness (QED) is 0.846. The number of rotatable bonds is 5. The van der Waals surface area contributed by atoms with Gasteiger partial charge in [0.15, 0.2) is 5.69 Å². The van der Waals surface area contributed by atoms with Crippen molar-refractivity contribution in [2.24, 2.45) is 29.6 Å². The van der Waals surface area contributed by atoms with E-state index in [1.165, 1.54) is 31.8 Å². The Morgan fingerprint density at radius 2 is 2.05 bits per heavy atom. The first-order valence-electron chi connectivity index (χ1n) is 7.68. The molecule has 3 aliphatic carbocycles. The van der Waals surface area contributed by atoms with Crippen LogP contribution < -0.4 is 5.32 Å². The van der Waals surface area contributed by atoms with Crippen LogP contribution in [0.5, 0.6) is 0 Å². The number of hydrogen-bond acceptors (Lipinski definition) is 3. The molecular formula is C15H19N3O3. The maximum atomic E-state index is 12.2. The van der Waals surface area contributed by atoms with Crippen molar-refractivity contribution in [3.8, 4) is 0 Å². The van der Waals surface area contributed by atoms with Crippen LogP contribution in [0.15, 0.2) is 12.5 Å². The van der Waals surface area contributed by atoms with Crippen molar-refractivity contribution in [3.05, 3.63) is 18.2 Å². The Kier molecular flexibility index (Phi) is 2.80. The number of hydrogen-bond donors (Lipinski definition) is 2. The number of nitrogens with zero attached hydrogens (tertiary/aromatic N) is 2. The normalized spacial score (nSPS) is 35.5. The molecule has 0 aliphatic heterocycles. The van der Waals surface area contributed by atoms with E-state index in [1.807, 2.05) is 0 Å². The Hall–Kier alpha value is -1.85. The van der Waals surface area contributed by atoms with Crippen molar-refractivity contribution in [1.29, 1.82) is 0 Å². The standard InChI is InChI=1S/C15H19N3O3/c19-14(13-11-8-1-2-9(5-8)12(11)13)16-3-4-18-6-10(15(20)21)17-7-18/h6-9,11-13H,1-5H2,(H,16,19)(H,20,21). The second-order valence-corrected chi connectivity index (χ2v) is 6.61. The summed E-state index contributed by atoms with van der Waals surface area (Å²) in [4.78, 5) is 26.7. The molecule has 6 nitrogen and oxygen atoms in total. The van der Waals surface area contributed by atoms with Crippen LogP contribution in [0.25, 0.3) is 0 Å². The Morgan fingerprint density at radius 3 is 2.67 bits per heavy atom. The lowest BCUT2D eigenvalue weighted by Crippen LogP contribution is -2.30. The molecule has 1 aromatic heterocycles. The monoisotopic (exact) mass is 289 g/mol. The van der Waals surface area contributed by atoms with Gasteiger partial charge in [-0.1, -0.05) is 0 Å². The third-order valence-corrected chi connectivity index (χ3v) is 5.56. The first-order valence-corrected chi connectivity index (χ1v) is 7.68. The molecular weight excluding hydrogens is 270 g/mol. The molecule has 0 aromatic carbocycles. The Labute approximate surface area is 122 Å². The molecule has 3 aliphatic rings. The fraction of sp³-hybridized carbons (Fsp3) is 0.667. The van der Waals surface area contributed by atoms with Crippen LogP contribution in [0.4, 0.5) is 0 Å². The molecule has 0 radical (unpaired) electrons. The van der Waals surface area contributed by atoms with Gasteiger partial charge in [-0.2, -0.15) is 0 Å². The zero-order chi connectivity index (χ0) is 14.6. The van der Waals surface area contributed by atoms with Gasteiger partial charge in [0.25, 0.3) is 0 Å². The van der Waals surface area contributed by atoms with Crippen molar-refractivity contribution < 1.29 is 14.7 Å². The predicted molar refractivity (Wildman–Crippen MR) is 73.5 cm³/mol. The van der Waals surface area contributed by atoms with E-state index in [2.05, 4.69) is 10.3 Å². The van der Waals surface area contributed by atoms with Crippen molar-refractivity contribution in [1.82, 2.24) is 14.9 Å². The smallest absolute Gasteiger partial charge is 0.356 e. The highest BCUT2D eigenvalue weighted by Gasteiger charge is 2.67. The first kappa shape index (κ1) is 12.9. The van der Waals surface area contributed by atoms with Crippen molar-refractivity contribution >= 4 is 11.9 Å². The molecule has 1 amide bonds. The van der Waals surface area contributed by atoms with Gasteiger partial charge in [0.2, 0.25) is 5.91 Å². The highest BCUT2D eigenvalue weighted by molar-refractivity contribution is 5.85. The zero-order valence-electron chi connectivity index (χ0n) is 11.7. The molecule has 4 unspecified atom stereocenters. The lowest BCUT2D eigenvalue weighted by molar-refractivity contribution is -0.123.